The molecule has 0 saturated carbocycles. The van der Waals surface area contributed by atoms with Gasteiger partial charge < -0.3 is 10.6 Å². The molecule has 3 aromatic carbocycles. The average molecular weight is 445 g/mol. The van der Waals surface area contributed by atoms with Crippen molar-refractivity contribution in [2.75, 3.05) is 10.6 Å². The van der Waals surface area contributed by atoms with Crippen LogP contribution in [0.15, 0.2) is 83.7 Å². The van der Waals surface area contributed by atoms with E-state index in [9.17, 15) is 14.9 Å². The summed E-state index contributed by atoms with van der Waals surface area (Å²) in [4.78, 5) is 30.3. The third-order valence-electron chi connectivity index (χ3n) is 5.65. The highest BCUT2D eigenvalue weighted by atomic mass is 16.1. The van der Waals surface area contributed by atoms with E-state index in [-0.39, 0.29) is 11.5 Å². The first-order valence-corrected chi connectivity index (χ1v) is 10.6. The molecule has 0 fully saturated rings. The molecule has 2 heterocycles. The summed E-state index contributed by atoms with van der Waals surface area (Å²) in [7, 11) is 0. The molecule has 34 heavy (non-hydrogen) atoms. The van der Waals surface area contributed by atoms with Crippen LogP contribution < -0.4 is 21.4 Å². The Bertz CT molecular complexity index is 1720. The number of nitrogens with zero attached hydrogens (tertiary/aromatic N) is 3. The number of nitriles is 1. The predicted molar refractivity (Wildman–Crippen MR) is 133 cm³/mol. The highest BCUT2D eigenvalue weighted by Crippen LogP contribution is 2.18. The van der Waals surface area contributed by atoms with Crippen molar-refractivity contribution in [2.24, 2.45) is 0 Å². The maximum atomic E-state index is 13.4. The third-order valence-corrected chi connectivity index (χ3v) is 5.65. The lowest BCUT2D eigenvalue weighted by molar-refractivity contribution is 0.102. The molecule has 5 rings (SSSR count). The highest BCUT2D eigenvalue weighted by molar-refractivity contribution is 6.04. The van der Waals surface area contributed by atoms with Crippen LogP contribution in [0.5, 0.6) is 0 Å². The molecule has 0 saturated heterocycles. The van der Waals surface area contributed by atoms with Gasteiger partial charge in [-0.1, -0.05) is 36.4 Å². The molecular weight excluding hydrogens is 426 g/mol. The molecule has 7 nitrogen and oxygen atoms in total. The molecule has 0 aliphatic heterocycles. The first-order chi connectivity index (χ1) is 16.6. The van der Waals surface area contributed by atoms with Crippen LogP contribution in [-0.2, 0) is 0 Å². The van der Waals surface area contributed by atoms with E-state index >= 15 is 0 Å². The smallest absolute Gasteiger partial charge is 0.265 e. The second kappa shape index (κ2) is 8.52. The van der Waals surface area contributed by atoms with Crippen LogP contribution in [-0.4, -0.2) is 15.3 Å². The summed E-state index contributed by atoms with van der Waals surface area (Å²) < 4.78 is 1.48. The van der Waals surface area contributed by atoms with Crippen LogP contribution in [0.1, 0.15) is 21.5 Å². The standard InChI is InChI=1S/C27H19N5O2/c1-17-21(15-28)25-31-23-12-5-6-13-24(23)32(25)27(34)22(17)16-29-19-10-7-11-20(14-19)30-26(33)18-8-3-2-4-9-18/h2-14,16,29H,1H3,(H,30,33)/b22-16-. The Labute approximate surface area is 194 Å². The molecule has 0 aliphatic carbocycles. The lowest BCUT2D eigenvalue weighted by Crippen LogP contribution is -2.34. The van der Waals surface area contributed by atoms with E-state index in [1.807, 2.05) is 36.4 Å². The molecule has 0 atom stereocenters. The number of hydrogen-bond donors (Lipinski definition) is 2. The first-order valence-electron chi connectivity index (χ1n) is 10.6. The van der Waals surface area contributed by atoms with Gasteiger partial charge in [-0.15, -0.1) is 0 Å². The summed E-state index contributed by atoms with van der Waals surface area (Å²) in [6.45, 7) is 1.74. The summed E-state index contributed by atoms with van der Waals surface area (Å²) in [5.41, 5.74) is 4.16. The fourth-order valence-electron chi connectivity index (χ4n) is 3.92. The largest absolute Gasteiger partial charge is 0.361 e. The van der Waals surface area contributed by atoms with E-state index in [0.717, 1.165) is 0 Å². The van der Waals surface area contributed by atoms with Gasteiger partial charge in [0.25, 0.3) is 11.5 Å². The predicted octanol–water partition coefficient (Wildman–Crippen LogP) is 3.85. The van der Waals surface area contributed by atoms with Crippen molar-refractivity contribution in [1.29, 1.82) is 5.26 Å². The quantitative estimate of drug-likeness (QED) is 0.438. The topological polar surface area (TPSA) is 99.3 Å². The maximum absolute atomic E-state index is 13.4. The second-order valence-electron chi connectivity index (χ2n) is 7.78. The summed E-state index contributed by atoms with van der Waals surface area (Å²) in [6, 6.07) is 25.6. The molecule has 0 spiro atoms. The van der Waals surface area contributed by atoms with Crippen molar-refractivity contribution in [3.8, 4) is 6.07 Å². The van der Waals surface area contributed by atoms with E-state index in [1.165, 1.54) is 4.40 Å². The van der Waals surface area contributed by atoms with Gasteiger partial charge in [-0.05, 0) is 55.0 Å². The van der Waals surface area contributed by atoms with E-state index in [0.29, 0.717) is 50.0 Å². The Morgan fingerprint density at radius 2 is 1.74 bits per heavy atom. The summed E-state index contributed by atoms with van der Waals surface area (Å²) in [6.07, 6.45) is 1.59. The van der Waals surface area contributed by atoms with Gasteiger partial charge in [0.05, 0.1) is 21.8 Å². The molecule has 0 bridgehead atoms. The van der Waals surface area contributed by atoms with Crippen LogP contribution in [0.3, 0.4) is 0 Å². The number of para-hydroxylation sites is 2. The van der Waals surface area contributed by atoms with E-state index in [4.69, 9.17) is 0 Å². The van der Waals surface area contributed by atoms with Crippen molar-refractivity contribution >= 4 is 40.2 Å². The number of benzene rings is 3. The van der Waals surface area contributed by atoms with Crippen LogP contribution >= 0.6 is 0 Å². The number of hydrogen-bond acceptors (Lipinski definition) is 5. The monoisotopic (exact) mass is 445 g/mol. The minimum atomic E-state index is -0.263. The van der Waals surface area contributed by atoms with Crippen LogP contribution in [0.25, 0.3) is 22.9 Å². The number of carbonyl (C=O) groups excluding carboxylic acids is 1. The Hall–Kier alpha value is -4.96. The normalized spacial score (nSPS) is 11.5. The zero-order valence-corrected chi connectivity index (χ0v) is 18.2. The third kappa shape index (κ3) is 3.63. The molecule has 0 aliphatic rings. The van der Waals surface area contributed by atoms with Gasteiger partial charge in [0.15, 0.2) is 5.65 Å². The molecule has 7 heteroatoms. The number of aromatic nitrogens is 2. The zero-order chi connectivity index (χ0) is 23.7. The van der Waals surface area contributed by atoms with Crippen LogP contribution in [0, 0.1) is 18.3 Å². The van der Waals surface area contributed by atoms with Gasteiger partial charge in [-0.3, -0.25) is 14.0 Å². The number of amides is 1. The second-order valence-corrected chi connectivity index (χ2v) is 7.78. The van der Waals surface area contributed by atoms with Gasteiger partial charge in [-0.25, -0.2) is 4.98 Å². The van der Waals surface area contributed by atoms with Crippen LogP contribution in [0.4, 0.5) is 11.4 Å². The number of imidazole rings is 1. The molecule has 1 amide bonds. The Kier molecular flexibility index (Phi) is 5.24. The van der Waals surface area contributed by atoms with Crippen molar-refractivity contribution < 1.29 is 4.79 Å². The fourth-order valence-corrected chi connectivity index (χ4v) is 3.92. The minimum absolute atomic E-state index is 0.212. The molecule has 2 aromatic heterocycles. The SMILES string of the molecule is Cc1c(C#N)c2nc3ccccc3n2c(=O)/c1=C\Nc1cccc(NC(=O)c2ccccc2)c1. The lowest BCUT2D eigenvalue weighted by atomic mass is 10.1. The fraction of sp³-hybridized carbons (Fsp3) is 0.0370. The van der Waals surface area contributed by atoms with E-state index in [2.05, 4.69) is 21.7 Å². The average Bonchev–Trinajstić information content (AvgIpc) is 3.24. The Morgan fingerprint density at radius 1 is 1.00 bits per heavy atom. The van der Waals surface area contributed by atoms with Crippen LogP contribution in [0.2, 0.25) is 0 Å². The molecule has 2 N–H and O–H groups in total. The van der Waals surface area contributed by atoms with Gasteiger partial charge >= 0.3 is 0 Å². The molecule has 164 valence electrons. The van der Waals surface area contributed by atoms with Gasteiger partial charge in [-0.2, -0.15) is 5.26 Å². The number of carbonyl (C=O) groups is 1. The lowest BCUT2D eigenvalue weighted by Gasteiger charge is -2.08. The Morgan fingerprint density at radius 3 is 2.53 bits per heavy atom. The van der Waals surface area contributed by atoms with E-state index in [1.54, 1.807) is 55.6 Å². The minimum Gasteiger partial charge on any atom is -0.361 e. The number of nitrogens with one attached hydrogen (secondary N) is 2. The number of rotatable bonds is 4. The van der Waals surface area contributed by atoms with Gasteiger partial charge in [0.2, 0.25) is 0 Å². The maximum Gasteiger partial charge on any atom is 0.265 e. The first kappa shape index (κ1) is 20.9. The van der Waals surface area contributed by atoms with Crippen molar-refractivity contribution in [2.45, 2.75) is 6.92 Å². The number of anilines is 2. The van der Waals surface area contributed by atoms with Gasteiger partial charge in [0, 0.05) is 23.1 Å². The molecule has 0 unspecified atom stereocenters. The van der Waals surface area contributed by atoms with Crippen molar-refractivity contribution in [1.82, 2.24) is 9.38 Å². The summed E-state index contributed by atoms with van der Waals surface area (Å²) in [5.74, 6) is -0.212. The van der Waals surface area contributed by atoms with E-state index < -0.39 is 0 Å². The zero-order valence-electron chi connectivity index (χ0n) is 18.2. The summed E-state index contributed by atoms with van der Waals surface area (Å²) in [5, 5.41) is 16.1. The molecule has 5 aromatic rings. The summed E-state index contributed by atoms with van der Waals surface area (Å²) >= 11 is 0. The number of fused-ring (bicyclic) bond motifs is 3. The van der Waals surface area contributed by atoms with Crippen molar-refractivity contribution in [3.63, 3.8) is 0 Å². The number of pyridine rings is 1. The Balaban J connectivity index is 1.53. The van der Waals surface area contributed by atoms with Gasteiger partial charge in [0.1, 0.15) is 6.07 Å². The molecular formula is C27H19N5O2. The highest BCUT2D eigenvalue weighted by Gasteiger charge is 2.16. The van der Waals surface area contributed by atoms with Crippen molar-refractivity contribution in [3.05, 3.63) is 111 Å². The molecule has 0 radical (unpaired) electrons.